The number of rotatable bonds is 3. The van der Waals surface area contributed by atoms with Crippen molar-refractivity contribution in [1.29, 1.82) is 0 Å². The maximum Gasteiger partial charge on any atom is 0.0200 e. The van der Waals surface area contributed by atoms with Crippen LogP contribution >= 0.6 is 0 Å². The first kappa shape index (κ1) is 13.1. The molecule has 2 aliphatic rings. The largest absolute Gasteiger partial charge is 0.316 e. The Morgan fingerprint density at radius 2 is 2.00 bits per heavy atom. The fourth-order valence-corrected chi connectivity index (χ4v) is 4.27. The van der Waals surface area contributed by atoms with Gasteiger partial charge in [0.25, 0.3) is 0 Å². The Hall–Kier alpha value is -0.860. The van der Waals surface area contributed by atoms with Crippen LogP contribution in [0.15, 0.2) is 30.3 Å². The number of benzene rings is 1. The summed E-state index contributed by atoms with van der Waals surface area (Å²) in [5, 5.41) is 3.56. The predicted octanol–water partition coefficient (Wildman–Crippen LogP) is 2.55. The molecular weight excluding hydrogens is 232 g/mol. The van der Waals surface area contributed by atoms with E-state index in [4.69, 9.17) is 0 Å². The van der Waals surface area contributed by atoms with E-state index in [1.54, 1.807) is 0 Å². The minimum Gasteiger partial charge on any atom is -0.316 e. The topological polar surface area (TPSA) is 15.3 Å². The molecule has 1 N–H and O–H groups in total. The Labute approximate surface area is 117 Å². The van der Waals surface area contributed by atoms with E-state index < -0.39 is 0 Å². The predicted molar refractivity (Wildman–Crippen MR) is 80.2 cm³/mol. The summed E-state index contributed by atoms with van der Waals surface area (Å²) in [7, 11) is 0. The maximum absolute atomic E-state index is 3.56. The molecule has 0 aliphatic carbocycles. The van der Waals surface area contributed by atoms with Gasteiger partial charge in [-0.05, 0) is 51.1 Å². The van der Waals surface area contributed by atoms with Gasteiger partial charge in [-0.25, -0.2) is 0 Å². The van der Waals surface area contributed by atoms with Gasteiger partial charge in [-0.1, -0.05) is 30.3 Å². The van der Waals surface area contributed by atoms with Gasteiger partial charge in [-0.2, -0.15) is 0 Å². The Bertz CT molecular complexity index is 426. The van der Waals surface area contributed by atoms with Crippen LogP contribution in [0.1, 0.15) is 26.3 Å². The first-order chi connectivity index (χ1) is 9.09. The highest BCUT2D eigenvalue weighted by atomic mass is 15.3. The molecule has 0 saturated carbocycles. The monoisotopic (exact) mass is 258 g/mol. The van der Waals surface area contributed by atoms with Crippen molar-refractivity contribution in [3.63, 3.8) is 0 Å². The summed E-state index contributed by atoms with van der Waals surface area (Å²) in [5.74, 6) is 1.68. The smallest absolute Gasteiger partial charge is 0.0200 e. The maximum atomic E-state index is 3.56. The summed E-state index contributed by atoms with van der Waals surface area (Å²) in [5.41, 5.74) is 1.79. The molecule has 2 saturated heterocycles. The second-order valence-electron chi connectivity index (χ2n) is 6.87. The molecule has 0 amide bonds. The number of likely N-dealkylation sites (tertiary alicyclic amines) is 1. The molecule has 0 aromatic heterocycles. The Balaban J connectivity index is 1.72. The van der Waals surface area contributed by atoms with E-state index >= 15 is 0 Å². The third-order valence-corrected chi connectivity index (χ3v) is 5.32. The lowest BCUT2D eigenvalue weighted by Gasteiger charge is -2.40. The van der Waals surface area contributed by atoms with E-state index in [2.05, 4.69) is 61.3 Å². The number of fused-ring (bicyclic) bond motifs is 1. The average molecular weight is 258 g/mol. The van der Waals surface area contributed by atoms with Crippen molar-refractivity contribution in [2.24, 2.45) is 11.8 Å². The van der Waals surface area contributed by atoms with Gasteiger partial charge in [0.1, 0.15) is 0 Å². The molecule has 1 aromatic carbocycles. The van der Waals surface area contributed by atoms with Gasteiger partial charge >= 0.3 is 0 Å². The second kappa shape index (κ2) is 4.92. The first-order valence-electron chi connectivity index (χ1n) is 7.60. The highest BCUT2D eigenvalue weighted by Gasteiger charge is 2.50. The van der Waals surface area contributed by atoms with E-state index in [9.17, 15) is 0 Å². The van der Waals surface area contributed by atoms with Gasteiger partial charge in [0.15, 0.2) is 0 Å². The molecular formula is C17H26N2. The summed E-state index contributed by atoms with van der Waals surface area (Å²) in [4.78, 5) is 2.75. The van der Waals surface area contributed by atoms with E-state index in [1.165, 1.54) is 25.2 Å². The minimum atomic E-state index is 0.336. The zero-order valence-electron chi connectivity index (χ0n) is 12.4. The van der Waals surface area contributed by atoms with Crippen molar-refractivity contribution in [3.8, 4) is 0 Å². The second-order valence-corrected chi connectivity index (χ2v) is 6.87. The highest BCUT2D eigenvalue weighted by Crippen LogP contribution is 2.41. The fourth-order valence-electron chi connectivity index (χ4n) is 4.27. The van der Waals surface area contributed by atoms with Crippen LogP contribution < -0.4 is 5.32 Å². The lowest BCUT2D eigenvalue weighted by molar-refractivity contribution is 0.0970. The van der Waals surface area contributed by atoms with Crippen molar-refractivity contribution >= 4 is 0 Å². The van der Waals surface area contributed by atoms with Gasteiger partial charge in [-0.3, -0.25) is 4.90 Å². The quantitative estimate of drug-likeness (QED) is 0.896. The molecule has 3 unspecified atom stereocenters. The zero-order chi connectivity index (χ0) is 13.5. The van der Waals surface area contributed by atoms with Crippen LogP contribution in [-0.2, 0) is 6.42 Å². The normalized spacial score (nSPS) is 31.3. The summed E-state index contributed by atoms with van der Waals surface area (Å²) in [6, 6.07) is 11.5. The number of nitrogens with zero attached hydrogens (tertiary/aromatic N) is 1. The highest BCUT2D eigenvalue weighted by molar-refractivity contribution is 5.16. The Morgan fingerprint density at radius 1 is 1.26 bits per heavy atom. The van der Waals surface area contributed by atoms with Crippen LogP contribution in [-0.4, -0.2) is 36.1 Å². The molecule has 2 heteroatoms. The average Bonchev–Trinajstić information content (AvgIpc) is 2.93. The third-order valence-electron chi connectivity index (χ3n) is 5.32. The Kier molecular flexibility index (Phi) is 3.40. The molecule has 2 nitrogen and oxygen atoms in total. The molecule has 2 heterocycles. The standard InChI is InChI=1S/C17H26N2/c1-13(9-14-7-5-4-6-8-14)19-12-15-10-18-11-16(15)17(19,2)3/h4-8,13,15-16,18H,9-12H2,1-3H3. The summed E-state index contributed by atoms with van der Waals surface area (Å²) in [6.45, 7) is 10.9. The van der Waals surface area contributed by atoms with Gasteiger partial charge in [0, 0.05) is 24.7 Å². The number of nitrogens with one attached hydrogen (secondary N) is 1. The van der Waals surface area contributed by atoms with Crippen LogP contribution in [0.5, 0.6) is 0 Å². The molecule has 1 aromatic rings. The molecule has 3 atom stereocenters. The van der Waals surface area contributed by atoms with Crippen LogP contribution in [0.3, 0.4) is 0 Å². The number of hydrogen-bond donors (Lipinski definition) is 1. The lowest BCUT2D eigenvalue weighted by atomic mass is 9.84. The van der Waals surface area contributed by atoms with Gasteiger partial charge in [-0.15, -0.1) is 0 Å². The third kappa shape index (κ3) is 2.32. The van der Waals surface area contributed by atoms with Crippen LogP contribution in [0, 0.1) is 11.8 Å². The van der Waals surface area contributed by atoms with E-state index in [-0.39, 0.29) is 0 Å². The first-order valence-corrected chi connectivity index (χ1v) is 7.60. The molecule has 104 valence electrons. The van der Waals surface area contributed by atoms with Crippen LogP contribution in [0.25, 0.3) is 0 Å². The Morgan fingerprint density at radius 3 is 2.68 bits per heavy atom. The molecule has 19 heavy (non-hydrogen) atoms. The van der Waals surface area contributed by atoms with Gasteiger partial charge < -0.3 is 5.32 Å². The summed E-state index contributed by atoms with van der Waals surface area (Å²) in [6.07, 6.45) is 1.16. The fraction of sp³-hybridized carbons (Fsp3) is 0.647. The van der Waals surface area contributed by atoms with Crippen molar-refractivity contribution in [3.05, 3.63) is 35.9 Å². The number of hydrogen-bond acceptors (Lipinski definition) is 2. The van der Waals surface area contributed by atoms with Crippen molar-refractivity contribution < 1.29 is 0 Å². The summed E-state index contributed by atoms with van der Waals surface area (Å²) >= 11 is 0. The minimum absolute atomic E-state index is 0.336. The van der Waals surface area contributed by atoms with Crippen LogP contribution in [0.2, 0.25) is 0 Å². The van der Waals surface area contributed by atoms with Crippen molar-refractivity contribution in [2.45, 2.75) is 38.8 Å². The van der Waals surface area contributed by atoms with Gasteiger partial charge in [0.2, 0.25) is 0 Å². The molecule has 2 aliphatic heterocycles. The summed E-state index contributed by atoms with van der Waals surface area (Å²) < 4.78 is 0. The van der Waals surface area contributed by atoms with Crippen molar-refractivity contribution in [1.82, 2.24) is 10.2 Å². The lowest BCUT2D eigenvalue weighted by Crippen LogP contribution is -2.49. The van der Waals surface area contributed by atoms with E-state index in [0.29, 0.717) is 11.6 Å². The SMILES string of the molecule is CC(Cc1ccccc1)N1CC2CNCC2C1(C)C. The molecule has 0 radical (unpaired) electrons. The van der Waals surface area contributed by atoms with E-state index in [0.717, 1.165) is 18.3 Å². The molecule has 3 rings (SSSR count). The molecule has 0 spiro atoms. The molecule has 0 bridgehead atoms. The van der Waals surface area contributed by atoms with Crippen LogP contribution in [0.4, 0.5) is 0 Å². The van der Waals surface area contributed by atoms with E-state index in [1.807, 2.05) is 0 Å². The zero-order valence-corrected chi connectivity index (χ0v) is 12.4. The van der Waals surface area contributed by atoms with Gasteiger partial charge in [0.05, 0.1) is 0 Å². The van der Waals surface area contributed by atoms with Crippen molar-refractivity contribution in [2.75, 3.05) is 19.6 Å². The molecule has 2 fully saturated rings.